The molecule has 146 valence electrons. The molecule has 0 saturated heterocycles. The van der Waals surface area contributed by atoms with Crippen LogP contribution in [0.4, 0.5) is 4.39 Å². The molecule has 0 nitrogen and oxygen atoms in total. The fourth-order valence-corrected chi connectivity index (χ4v) is 2.65. The Morgan fingerprint density at radius 2 is 1.31 bits per heavy atom. The highest BCUT2D eigenvalue weighted by Crippen LogP contribution is 2.31. The third-order valence-corrected chi connectivity index (χ3v) is 5.07. The predicted octanol–water partition coefficient (Wildman–Crippen LogP) is 9.01. The third-order valence-electron chi connectivity index (χ3n) is 3.87. The van der Waals surface area contributed by atoms with E-state index in [4.69, 9.17) is 34.8 Å². The summed E-state index contributed by atoms with van der Waals surface area (Å²) < 4.78 is 13.6. The van der Waals surface area contributed by atoms with Crippen LogP contribution in [-0.2, 0) is 10.8 Å². The van der Waals surface area contributed by atoms with E-state index in [0.29, 0.717) is 15.6 Å². The van der Waals surface area contributed by atoms with Crippen LogP contribution in [0.2, 0.25) is 15.1 Å². The van der Waals surface area contributed by atoms with Crippen molar-refractivity contribution in [1.82, 2.24) is 0 Å². The fraction of sp³-hybridized carbons (Fsp3) is 0.455. The lowest BCUT2D eigenvalue weighted by atomic mass is 9.86. The summed E-state index contributed by atoms with van der Waals surface area (Å²) in [5, 5.41) is 1.49. The van der Waals surface area contributed by atoms with E-state index in [-0.39, 0.29) is 29.1 Å². The van der Waals surface area contributed by atoms with Crippen LogP contribution < -0.4 is 0 Å². The summed E-state index contributed by atoms with van der Waals surface area (Å²) in [4.78, 5) is 0. The summed E-state index contributed by atoms with van der Waals surface area (Å²) >= 11 is 17.5. The van der Waals surface area contributed by atoms with Crippen molar-refractivity contribution < 1.29 is 4.39 Å². The number of hydrogen-bond donors (Lipinski definition) is 0. The first-order valence-corrected chi connectivity index (χ1v) is 9.29. The van der Waals surface area contributed by atoms with E-state index in [1.54, 1.807) is 13.0 Å². The van der Waals surface area contributed by atoms with Crippen molar-refractivity contribution in [2.45, 2.75) is 66.7 Å². The predicted molar refractivity (Wildman–Crippen MR) is 117 cm³/mol. The molecule has 0 aliphatic heterocycles. The SMILES string of the molecule is C.CC(C)(C)c1ccc(Cl)c(Cl)c1.Cc1ccc(C(C)(C)C)c(F)c1Cl. The van der Waals surface area contributed by atoms with Crippen molar-refractivity contribution in [2.75, 3.05) is 0 Å². The highest BCUT2D eigenvalue weighted by Gasteiger charge is 2.20. The number of aryl methyl sites for hydroxylation is 1. The monoisotopic (exact) mass is 418 g/mol. The van der Waals surface area contributed by atoms with Gasteiger partial charge in [-0.05, 0) is 46.6 Å². The minimum Gasteiger partial charge on any atom is -0.205 e. The van der Waals surface area contributed by atoms with Crippen molar-refractivity contribution in [1.29, 1.82) is 0 Å². The zero-order chi connectivity index (χ0) is 19.6. The van der Waals surface area contributed by atoms with Gasteiger partial charge in [0.05, 0.1) is 15.1 Å². The van der Waals surface area contributed by atoms with Crippen LogP contribution in [0.5, 0.6) is 0 Å². The molecule has 26 heavy (non-hydrogen) atoms. The molecule has 2 aromatic rings. The van der Waals surface area contributed by atoms with Gasteiger partial charge in [-0.2, -0.15) is 0 Å². The summed E-state index contributed by atoms with van der Waals surface area (Å²) in [6, 6.07) is 9.42. The first kappa shape index (κ1) is 25.2. The minimum absolute atomic E-state index is 0. The quantitative estimate of drug-likeness (QED) is 0.399. The van der Waals surface area contributed by atoms with Gasteiger partial charge in [-0.25, -0.2) is 4.39 Å². The molecular weight excluding hydrogens is 390 g/mol. The standard InChI is InChI=1S/C11H14ClF.C10H12Cl2.CH4/c1-7-5-6-8(11(2,3)4)10(13)9(7)12;1-10(2,3)7-4-5-8(11)9(12)6-7;/h5-6H,1-4H3;4-6H,1-3H3;1H4. The van der Waals surface area contributed by atoms with Gasteiger partial charge in [-0.15, -0.1) is 0 Å². The summed E-state index contributed by atoms with van der Waals surface area (Å²) in [6.07, 6.45) is 0. The molecule has 0 radical (unpaired) electrons. The largest absolute Gasteiger partial charge is 0.205 e. The maximum atomic E-state index is 13.6. The number of hydrogen-bond acceptors (Lipinski definition) is 0. The number of halogens is 4. The molecule has 0 amide bonds. The maximum absolute atomic E-state index is 13.6. The Balaban J connectivity index is 0.000000464. The minimum atomic E-state index is -0.283. The van der Waals surface area contributed by atoms with Crippen molar-refractivity contribution in [2.24, 2.45) is 0 Å². The molecule has 0 aliphatic carbocycles. The van der Waals surface area contributed by atoms with E-state index in [0.717, 1.165) is 5.56 Å². The summed E-state index contributed by atoms with van der Waals surface area (Å²) in [5.41, 5.74) is 2.60. The first-order valence-electron chi connectivity index (χ1n) is 8.15. The van der Waals surface area contributed by atoms with E-state index >= 15 is 0 Å². The van der Waals surface area contributed by atoms with Crippen LogP contribution in [0.15, 0.2) is 30.3 Å². The highest BCUT2D eigenvalue weighted by molar-refractivity contribution is 6.42. The molecule has 0 saturated carbocycles. The molecule has 0 N–H and O–H groups in total. The smallest absolute Gasteiger partial charge is 0.145 e. The Morgan fingerprint density at radius 1 is 0.769 bits per heavy atom. The Bertz CT molecular complexity index is 738. The molecule has 4 heteroatoms. The van der Waals surface area contributed by atoms with Gasteiger partial charge in [-0.3, -0.25) is 0 Å². The summed E-state index contributed by atoms with van der Waals surface area (Å²) in [6.45, 7) is 14.1. The molecule has 0 heterocycles. The fourth-order valence-electron chi connectivity index (χ4n) is 2.19. The van der Waals surface area contributed by atoms with Gasteiger partial charge >= 0.3 is 0 Å². The lowest BCUT2D eigenvalue weighted by Crippen LogP contribution is -2.13. The lowest BCUT2D eigenvalue weighted by molar-refractivity contribution is 0.522. The summed E-state index contributed by atoms with van der Waals surface area (Å²) in [5.74, 6) is -0.283. The molecule has 0 atom stereocenters. The van der Waals surface area contributed by atoms with Crippen molar-refractivity contribution in [3.05, 3.63) is 67.9 Å². The van der Waals surface area contributed by atoms with Gasteiger partial charge in [-0.1, -0.05) is 102 Å². The Kier molecular flexibility index (Phi) is 9.16. The molecule has 0 unspecified atom stereocenters. The average molecular weight is 420 g/mol. The van der Waals surface area contributed by atoms with E-state index in [1.807, 2.05) is 45.0 Å². The van der Waals surface area contributed by atoms with E-state index < -0.39 is 0 Å². The van der Waals surface area contributed by atoms with Crippen LogP contribution in [-0.4, -0.2) is 0 Å². The van der Waals surface area contributed by atoms with Crippen molar-refractivity contribution in [3.8, 4) is 0 Å². The molecule has 0 fully saturated rings. The molecule has 0 bridgehead atoms. The van der Waals surface area contributed by atoms with Crippen LogP contribution in [0.1, 0.15) is 65.7 Å². The third kappa shape index (κ3) is 6.76. The molecule has 2 rings (SSSR count). The Hall–Kier alpha value is -0.760. The lowest BCUT2D eigenvalue weighted by Gasteiger charge is -2.20. The zero-order valence-corrected chi connectivity index (χ0v) is 18.2. The number of benzene rings is 2. The topological polar surface area (TPSA) is 0 Å². The second-order valence-electron chi connectivity index (χ2n) is 8.19. The Morgan fingerprint density at radius 3 is 1.73 bits per heavy atom. The molecule has 0 aromatic heterocycles. The van der Waals surface area contributed by atoms with Gasteiger partial charge in [0.15, 0.2) is 0 Å². The van der Waals surface area contributed by atoms with E-state index in [1.165, 1.54) is 5.56 Å². The van der Waals surface area contributed by atoms with Crippen LogP contribution in [0.3, 0.4) is 0 Å². The molecule has 0 spiro atoms. The molecule has 2 aromatic carbocycles. The van der Waals surface area contributed by atoms with Crippen molar-refractivity contribution >= 4 is 34.8 Å². The van der Waals surface area contributed by atoms with Gasteiger partial charge < -0.3 is 0 Å². The zero-order valence-electron chi connectivity index (χ0n) is 15.9. The number of rotatable bonds is 0. The molecular formula is C22H30Cl3F. The van der Waals surface area contributed by atoms with E-state index in [2.05, 4.69) is 20.8 Å². The second-order valence-corrected chi connectivity index (χ2v) is 9.38. The van der Waals surface area contributed by atoms with Crippen LogP contribution in [0, 0.1) is 12.7 Å². The van der Waals surface area contributed by atoms with Crippen LogP contribution >= 0.6 is 34.8 Å². The van der Waals surface area contributed by atoms with E-state index in [9.17, 15) is 4.39 Å². The second kappa shape index (κ2) is 9.44. The van der Waals surface area contributed by atoms with Crippen LogP contribution in [0.25, 0.3) is 0 Å². The van der Waals surface area contributed by atoms with Crippen molar-refractivity contribution in [3.63, 3.8) is 0 Å². The normalized spacial score (nSPS) is 11.3. The summed E-state index contributed by atoms with van der Waals surface area (Å²) in [7, 11) is 0. The average Bonchev–Trinajstić information content (AvgIpc) is 2.46. The molecule has 0 aliphatic rings. The van der Waals surface area contributed by atoms with Gasteiger partial charge in [0.1, 0.15) is 5.82 Å². The highest BCUT2D eigenvalue weighted by atomic mass is 35.5. The van der Waals surface area contributed by atoms with Gasteiger partial charge in [0.25, 0.3) is 0 Å². The van der Waals surface area contributed by atoms with Gasteiger partial charge in [0, 0.05) is 0 Å². The Labute approximate surface area is 173 Å². The van der Waals surface area contributed by atoms with Gasteiger partial charge in [0.2, 0.25) is 0 Å². The maximum Gasteiger partial charge on any atom is 0.145 e. The first-order chi connectivity index (χ1) is 11.2.